The van der Waals surface area contributed by atoms with Crippen molar-refractivity contribution in [1.29, 1.82) is 0 Å². The summed E-state index contributed by atoms with van der Waals surface area (Å²) in [6.07, 6.45) is 0.911. The van der Waals surface area contributed by atoms with Gasteiger partial charge in [-0.25, -0.2) is 0 Å². The van der Waals surface area contributed by atoms with Crippen LogP contribution >= 0.6 is 0 Å². The molecule has 8 heavy (non-hydrogen) atoms. The van der Waals surface area contributed by atoms with Crippen LogP contribution in [0.3, 0.4) is 0 Å². The molecule has 0 aliphatic heterocycles. The standard InChI is InChI=1S/C7H13N/c1-4-6-7(3,8)5-2/h5,8H2,1-3H3/t7-/m1/s1. The minimum absolute atomic E-state index is 0.269. The predicted octanol–water partition coefficient (Wildman–Crippen LogP) is 1.14. The van der Waals surface area contributed by atoms with Crippen LogP contribution in [0.4, 0.5) is 0 Å². The van der Waals surface area contributed by atoms with Gasteiger partial charge in [0.15, 0.2) is 0 Å². The van der Waals surface area contributed by atoms with Gasteiger partial charge in [0.25, 0.3) is 0 Å². The molecule has 0 bridgehead atoms. The molecular formula is C7H13N. The first-order chi connectivity index (χ1) is 3.62. The summed E-state index contributed by atoms with van der Waals surface area (Å²) in [5.41, 5.74) is 5.38. The molecule has 0 heterocycles. The molecule has 2 N–H and O–H groups in total. The van der Waals surface area contributed by atoms with Crippen LogP contribution in [-0.4, -0.2) is 5.54 Å². The van der Waals surface area contributed by atoms with Gasteiger partial charge >= 0.3 is 0 Å². The Bertz CT molecular complexity index is 114. The van der Waals surface area contributed by atoms with Gasteiger partial charge in [0.05, 0.1) is 5.54 Å². The second-order valence-electron chi connectivity index (χ2n) is 2.15. The maximum Gasteiger partial charge on any atom is 0.0744 e. The molecule has 0 radical (unpaired) electrons. The Hall–Kier alpha value is -0.480. The highest BCUT2D eigenvalue weighted by atomic mass is 14.7. The summed E-state index contributed by atoms with van der Waals surface area (Å²) in [6.45, 7) is 5.77. The molecule has 0 aromatic heterocycles. The van der Waals surface area contributed by atoms with E-state index in [-0.39, 0.29) is 5.54 Å². The fourth-order valence-corrected chi connectivity index (χ4v) is 0.374. The van der Waals surface area contributed by atoms with Crippen molar-refractivity contribution in [1.82, 2.24) is 0 Å². The summed E-state index contributed by atoms with van der Waals surface area (Å²) in [5.74, 6) is 5.68. The van der Waals surface area contributed by atoms with E-state index in [9.17, 15) is 0 Å². The smallest absolute Gasteiger partial charge is 0.0744 e. The fraction of sp³-hybridized carbons (Fsp3) is 0.714. The third-order valence-electron chi connectivity index (χ3n) is 1.15. The second kappa shape index (κ2) is 2.74. The molecule has 0 aromatic rings. The molecule has 46 valence electrons. The first-order valence-electron chi connectivity index (χ1n) is 2.85. The fourth-order valence-electron chi connectivity index (χ4n) is 0.374. The van der Waals surface area contributed by atoms with Gasteiger partial charge in [-0.05, 0) is 20.3 Å². The molecule has 0 aliphatic rings. The number of hydrogen-bond donors (Lipinski definition) is 1. The van der Waals surface area contributed by atoms with Gasteiger partial charge in [0.2, 0.25) is 0 Å². The minimum Gasteiger partial charge on any atom is -0.315 e. The lowest BCUT2D eigenvalue weighted by molar-refractivity contribution is 0.586. The van der Waals surface area contributed by atoms with Gasteiger partial charge in [0.1, 0.15) is 0 Å². The van der Waals surface area contributed by atoms with Crippen LogP contribution in [0.15, 0.2) is 0 Å². The Balaban J connectivity index is 3.85. The van der Waals surface area contributed by atoms with Crippen molar-refractivity contribution < 1.29 is 0 Å². The van der Waals surface area contributed by atoms with Gasteiger partial charge in [-0.2, -0.15) is 0 Å². The summed E-state index contributed by atoms with van der Waals surface area (Å²) in [6, 6.07) is 0. The molecule has 0 amide bonds. The van der Waals surface area contributed by atoms with Crippen LogP contribution in [0.2, 0.25) is 0 Å². The van der Waals surface area contributed by atoms with Crippen LogP contribution in [0.25, 0.3) is 0 Å². The molecule has 1 heteroatoms. The Morgan fingerprint density at radius 2 is 2.12 bits per heavy atom. The van der Waals surface area contributed by atoms with E-state index in [1.807, 2.05) is 13.8 Å². The molecule has 0 saturated carbocycles. The van der Waals surface area contributed by atoms with Crippen LogP contribution in [0, 0.1) is 11.8 Å². The largest absolute Gasteiger partial charge is 0.315 e. The lowest BCUT2D eigenvalue weighted by Gasteiger charge is -2.12. The lowest BCUT2D eigenvalue weighted by Crippen LogP contribution is -2.32. The Kier molecular flexibility index (Phi) is 2.57. The van der Waals surface area contributed by atoms with Crippen molar-refractivity contribution >= 4 is 0 Å². The minimum atomic E-state index is -0.269. The van der Waals surface area contributed by atoms with E-state index in [4.69, 9.17) is 5.73 Å². The van der Waals surface area contributed by atoms with Crippen molar-refractivity contribution in [2.75, 3.05) is 0 Å². The Morgan fingerprint density at radius 1 is 1.62 bits per heavy atom. The summed E-state index contributed by atoms with van der Waals surface area (Å²) < 4.78 is 0. The average molecular weight is 111 g/mol. The Morgan fingerprint density at radius 3 is 2.25 bits per heavy atom. The van der Waals surface area contributed by atoms with E-state index in [0.717, 1.165) is 6.42 Å². The predicted molar refractivity (Wildman–Crippen MR) is 36.3 cm³/mol. The number of rotatable bonds is 1. The molecule has 0 saturated heterocycles. The number of nitrogens with two attached hydrogens (primary N) is 1. The second-order valence-corrected chi connectivity index (χ2v) is 2.15. The maximum absolute atomic E-state index is 5.65. The van der Waals surface area contributed by atoms with Crippen molar-refractivity contribution in [2.45, 2.75) is 32.7 Å². The van der Waals surface area contributed by atoms with Crippen molar-refractivity contribution in [2.24, 2.45) is 5.73 Å². The van der Waals surface area contributed by atoms with E-state index in [2.05, 4.69) is 11.8 Å². The van der Waals surface area contributed by atoms with Crippen LogP contribution < -0.4 is 5.73 Å². The summed E-state index contributed by atoms with van der Waals surface area (Å²) in [7, 11) is 0. The molecule has 1 atom stereocenters. The summed E-state index contributed by atoms with van der Waals surface area (Å²) >= 11 is 0. The van der Waals surface area contributed by atoms with Crippen LogP contribution in [0.5, 0.6) is 0 Å². The first-order valence-corrected chi connectivity index (χ1v) is 2.85. The zero-order valence-electron chi connectivity index (χ0n) is 5.78. The quantitative estimate of drug-likeness (QED) is 0.504. The molecule has 0 rings (SSSR count). The topological polar surface area (TPSA) is 26.0 Å². The first kappa shape index (κ1) is 7.52. The van der Waals surface area contributed by atoms with Gasteiger partial charge in [-0.15, -0.1) is 5.92 Å². The van der Waals surface area contributed by atoms with E-state index in [0.29, 0.717) is 0 Å². The van der Waals surface area contributed by atoms with Crippen molar-refractivity contribution in [3.05, 3.63) is 0 Å². The number of hydrogen-bond acceptors (Lipinski definition) is 1. The molecule has 0 aromatic carbocycles. The zero-order valence-corrected chi connectivity index (χ0v) is 5.78. The zero-order chi connectivity index (χ0) is 6.62. The normalized spacial score (nSPS) is 16.0. The van der Waals surface area contributed by atoms with Gasteiger partial charge < -0.3 is 5.73 Å². The third-order valence-corrected chi connectivity index (χ3v) is 1.15. The average Bonchev–Trinajstić information content (AvgIpc) is 1.67. The highest BCUT2D eigenvalue weighted by molar-refractivity contribution is 5.12. The van der Waals surface area contributed by atoms with Crippen molar-refractivity contribution in [3.8, 4) is 11.8 Å². The van der Waals surface area contributed by atoms with Gasteiger partial charge in [-0.1, -0.05) is 12.8 Å². The molecule has 0 unspecified atom stereocenters. The third kappa shape index (κ3) is 2.65. The molecule has 0 spiro atoms. The van der Waals surface area contributed by atoms with Gasteiger partial charge in [-0.3, -0.25) is 0 Å². The Labute approximate surface area is 51.3 Å². The van der Waals surface area contributed by atoms with Crippen LogP contribution in [-0.2, 0) is 0 Å². The summed E-state index contributed by atoms with van der Waals surface area (Å²) in [4.78, 5) is 0. The summed E-state index contributed by atoms with van der Waals surface area (Å²) in [5, 5.41) is 0. The molecule has 0 aliphatic carbocycles. The molecule has 1 nitrogen and oxygen atoms in total. The van der Waals surface area contributed by atoms with E-state index in [1.165, 1.54) is 0 Å². The van der Waals surface area contributed by atoms with Gasteiger partial charge in [0, 0.05) is 0 Å². The van der Waals surface area contributed by atoms with Crippen LogP contribution in [0.1, 0.15) is 27.2 Å². The lowest BCUT2D eigenvalue weighted by atomic mass is 10.0. The van der Waals surface area contributed by atoms with Crippen molar-refractivity contribution in [3.63, 3.8) is 0 Å². The molecule has 0 fully saturated rings. The van der Waals surface area contributed by atoms with E-state index in [1.54, 1.807) is 6.92 Å². The highest BCUT2D eigenvalue weighted by Crippen LogP contribution is 2.00. The molecular weight excluding hydrogens is 98.1 g/mol. The monoisotopic (exact) mass is 111 g/mol. The van der Waals surface area contributed by atoms with E-state index >= 15 is 0 Å². The highest BCUT2D eigenvalue weighted by Gasteiger charge is 2.08. The SMILES string of the molecule is CC#C[C@](C)(N)CC. The maximum atomic E-state index is 5.65. The van der Waals surface area contributed by atoms with E-state index < -0.39 is 0 Å².